The molecule has 2 aromatic rings. The van der Waals surface area contributed by atoms with E-state index in [2.05, 4.69) is 26.6 Å². The first-order valence-electron chi connectivity index (χ1n) is 6.92. The summed E-state index contributed by atoms with van der Waals surface area (Å²) in [5.74, 6) is 0. The molecule has 0 aliphatic carbocycles. The monoisotopic (exact) mass is 346 g/mol. The Labute approximate surface area is 133 Å². The van der Waals surface area contributed by atoms with Gasteiger partial charge in [0.25, 0.3) is 0 Å². The largest absolute Gasteiger partial charge is 0.338 e. The standard InChI is InChI=1S/C17H19BrN2O/c1-12-4-3-5-16(13(12)2)20-17(21)19-11-10-14-6-8-15(18)9-7-14/h3-9H,10-11H2,1-2H3,(H2,19,20,21). The van der Waals surface area contributed by atoms with Gasteiger partial charge < -0.3 is 10.6 Å². The van der Waals surface area contributed by atoms with E-state index in [1.807, 2.05) is 56.3 Å². The molecular weight excluding hydrogens is 328 g/mol. The van der Waals surface area contributed by atoms with Crippen LogP contribution in [0, 0.1) is 13.8 Å². The van der Waals surface area contributed by atoms with Crippen LogP contribution in [0.3, 0.4) is 0 Å². The second kappa shape index (κ2) is 7.27. The highest BCUT2D eigenvalue weighted by molar-refractivity contribution is 9.10. The van der Waals surface area contributed by atoms with Gasteiger partial charge in [0.15, 0.2) is 0 Å². The minimum Gasteiger partial charge on any atom is -0.338 e. The molecule has 2 amide bonds. The zero-order chi connectivity index (χ0) is 15.2. The summed E-state index contributed by atoms with van der Waals surface area (Å²) in [5, 5.41) is 5.77. The second-order valence-corrected chi connectivity index (χ2v) is 5.92. The molecule has 0 fully saturated rings. The number of benzene rings is 2. The maximum Gasteiger partial charge on any atom is 0.319 e. The first kappa shape index (κ1) is 15.6. The Hall–Kier alpha value is -1.81. The molecule has 0 aliphatic heterocycles. The molecule has 0 saturated carbocycles. The van der Waals surface area contributed by atoms with Crippen molar-refractivity contribution < 1.29 is 4.79 Å². The van der Waals surface area contributed by atoms with Crippen LogP contribution in [0.25, 0.3) is 0 Å². The van der Waals surface area contributed by atoms with E-state index in [-0.39, 0.29) is 6.03 Å². The topological polar surface area (TPSA) is 41.1 Å². The van der Waals surface area contributed by atoms with Crippen molar-refractivity contribution in [3.05, 3.63) is 63.6 Å². The van der Waals surface area contributed by atoms with Crippen LogP contribution in [-0.4, -0.2) is 12.6 Å². The second-order valence-electron chi connectivity index (χ2n) is 5.00. The number of halogens is 1. The van der Waals surface area contributed by atoms with E-state index in [1.54, 1.807) is 0 Å². The molecule has 2 rings (SSSR count). The van der Waals surface area contributed by atoms with Gasteiger partial charge in [-0.15, -0.1) is 0 Å². The zero-order valence-electron chi connectivity index (χ0n) is 12.2. The lowest BCUT2D eigenvalue weighted by Gasteiger charge is -2.11. The maximum atomic E-state index is 11.9. The number of hydrogen-bond donors (Lipinski definition) is 2. The molecule has 3 nitrogen and oxygen atoms in total. The molecule has 110 valence electrons. The van der Waals surface area contributed by atoms with E-state index in [0.29, 0.717) is 6.54 Å². The van der Waals surface area contributed by atoms with Crippen LogP contribution in [0.5, 0.6) is 0 Å². The van der Waals surface area contributed by atoms with Crippen LogP contribution in [0.1, 0.15) is 16.7 Å². The normalized spacial score (nSPS) is 10.2. The Balaban J connectivity index is 1.82. The number of amides is 2. The van der Waals surface area contributed by atoms with Gasteiger partial charge in [0.2, 0.25) is 0 Å². The van der Waals surface area contributed by atoms with Gasteiger partial charge in [-0.1, -0.05) is 40.2 Å². The van der Waals surface area contributed by atoms with Crippen molar-refractivity contribution in [2.45, 2.75) is 20.3 Å². The molecule has 2 aromatic carbocycles. The number of nitrogens with one attached hydrogen (secondary N) is 2. The maximum absolute atomic E-state index is 11.9. The SMILES string of the molecule is Cc1cccc(NC(=O)NCCc2ccc(Br)cc2)c1C. The highest BCUT2D eigenvalue weighted by Gasteiger charge is 2.05. The van der Waals surface area contributed by atoms with Crippen LogP contribution in [0.2, 0.25) is 0 Å². The minimum absolute atomic E-state index is 0.166. The molecule has 0 radical (unpaired) electrons. The van der Waals surface area contributed by atoms with E-state index < -0.39 is 0 Å². The number of carbonyl (C=O) groups excluding carboxylic acids is 1. The number of anilines is 1. The van der Waals surface area contributed by atoms with Crippen molar-refractivity contribution in [3.63, 3.8) is 0 Å². The van der Waals surface area contributed by atoms with Crippen molar-refractivity contribution in [1.82, 2.24) is 5.32 Å². The Morgan fingerprint density at radius 1 is 1.10 bits per heavy atom. The Bertz CT molecular complexity index is 623. The Kier molecular flexibility index (Phi) is 5.39. The van der Waals surface area contributed by atoms with E-state index in [1.165, 1.54) is 11.1 Å². The number of carbonyl (C=O) groups is 1. The summed E-state index contributed by atoms with van der Waals surface area (Å²) in [5.41, 5.74) is 4.32. The Morgan fingerprint density at radius 3 is 2.52 bits per heavy atom. The number of aryl methyl sites for hydroxylation is 1. The lowest BCUT2D eigenvalue weighted by Crippen LogP contribution is -2.30. The lowest BCUT2D eigenvalue weighted by molar-refractivity contribution is 0.252. The predicted molar refractivity (Wildman–Crippen MR) is 90.8 cm³/mol. The summed E-state index contributed by atoms with van der Waals surface area (Å²) in [7, 11) is 0. The third-order valence-electron chi connectivity index (χ3n) is 3.47. The third-order valence-corrected chi connectivity index (χ3v) is 3.99. The van der Waals surface area contributed by atoms with Crippen LogP contribution in [-0.2, 0) is 6.42 Å². The molecule has 2 N–H and O–H groups in total. The molecule has 0 unspecified atom stereocenters. The highest BCUT2D eigenvalue weighted by atomic mass is 79.9. The van der Waals surface area contributed by atoms with Gasteiger partial charge in [-0.2, -0.15) is 0 Å². The minimum atomic E-state index is -0.166. The van der Waals surface area contributed by atoms with Gasteiger partial charge in [0.05, 0.1) is 0 Å². The van der Waals surface area contributed by atoms with Gasteiger partial charge in [-0.05, 0) is 55.2 Å². The van der Waals surface area contributed by atoms with Crippen LogP contribution in [0.15, 0.2) is 46.9 Å². The molecule has 0 aromatic heterocycles. The molecule has 0 aliphatic rings. The van der Waals surface area contributed by atoms with Gasteiger partial charge in [0, 0.05) is 16.7 Å². The quantitative estimate of drug-likeness (QED) is 0.844. The number of rotatable bonds is 4. The fourth-order valence-corrected chi connectivity index (χ4v) is 2.29. The molecule has 0 bridgehead atoms. The van der Waals surface area contributed by atoms with Crippen LogP contribution < -0.4 is 10.6 Å². The van der Waals surface area contributed by atoms with Gasteiger partial charge in [0.1, 0.15) is 0 Å². The van der Waals surface area contributed by atoms with Crippen molar-refractivity contribution >= 4 is 27.6 Å². The fraction of sp³-hybridized carbons (Fsp3) is 0.235. The summed E-state index contributed by atoms with van der Waals surface area (Å²) >= 11 is 3.41. The van der Waals surface area contributed by atoms with E-state index >= 15 is 0 Å². The highest BCUT2D eigenvalue weighted by Crippen LogP contribution is 2.17. The average molecular weight is 347 g/mol. The van der Waals surface area contributed by atoms with E-state index in [9.17, 15) is 4.79 Å². The Morgan fingerprint density at radius 2 is 1.81 bits per heavy atom. The van der Waals surface area contributed by atoms with E-state index in [4.69, 9.17) is 0 Å². The summed E-state index contributed by atoms with van der Waals surface area (Å²) in [6.45, 7) is 4.65. The van der Waals surface area contributed by atoms with Crippen molar-refractivity contribution in [3.8, 4) is 0 Å². The summed E-state index contributed by atoms with van der Waals surface area (Å²) in [4.78, 5) is 11.9. The lowest BCUT2D eigenvalue weighted by atomic mass is 10.1. The fourth-order valence-electron chi connectivity index (χ4n) is 2.02. The predicted octanol–water partition coefficient (Wildman–Crippen LogP) is 4.43. The van der Waals surface area contributed by atoms with Crippen LogP contribution in [0.4, 0.5) is 10.5 Å². The van der Waals surface area contributed by atoms with Gasteiger partial charge in [-0.25, -0.2) is 4.79 Å². The van der Waals surface area contributed by atoms with Crippen molar-refractivity contribution in [2.75, 3.05) is 11.9 Å². The summed E-state index contributed by atoms with van der Waals surface area (Å²) < 4.78 is 1.06. The van der Waals surface area contributed by atoms with E-state index in [0.717, 1.165) is 22.1 Å². The van der Waals surface area contributed by atoms with Gasteiger partial charge >= 0.3 is 6.03 Å². The molecule has 0 atom stereocenters. The molecular formula is C17H19BrN2O. The smallest absolute Gasteiger partial charge is 0.319 e. The molecule has 4 heteroatoms. The first-order chi connectivity index (χ1) is 10.1. The number of hydrogen-bond acceptors (Lipinski definition) is 1. The van der Waals surface area contributed by atoms with Crippen molar-refractivity contribution in [2.24, 2.45) is 0 Å². The average Bonchev–Trinajstić information content (AvgIpc) is 2.46. The molecule has 0 heterocycles. The summed E-state index contributed by atoms with van der Waals surface area (Å²) in [6.07, 6.45) is 0.813. The zero-order valence-corrected chi connectivity index (χ0v) is 13.8. The third kappa shape index (κ3) is 4.60. The van der Waals surface area contributed by atoms with Crippen molar-refractivity contribution in [1.29, 1.82) is 0 Å². The summed E-state index contributed by atoms with van der Waals surface area (Å²) in [6, 6.07) is 13.8. The number of urea groups is 1. The molecule has 21 heavy (non-hydrogen) atoms. The van der Waals surface area contributed by atoms with Crippen LogP contribution >= 0.6 is 15.9 Å². The molecule has 0 spiro atoms. The first-order valence-corrected chi connectivity index (χ1v) is 7.71. The van der Waals surface area contributed by atoms with Gasteiger partial charge in [-0.3, -0.25) is 0 Å². The molecule has 0 saturated heterocycles.